The number of aromatic carboxylic acids is 1. The van der Waals surface area contributed by atoms with Crippen molar-refractivity contribution in [2.45, 2.75) is 18.9 Å². The molecule has 0 aliphatic carbocycles. The van der Waals surface area contributed by atoms with Crippen LogP contribution in [0.3, 0.4) is 0 Å². The summed E-state index contributed by atoms with van der Waals surface area (Å²) in [6.45, 7) is 2.02. The van der Waals surface area contributed by atoms with Crippen LogP contribution in [0.5, 0.6) is 0 Å². The molecule has 0 radical (unpaired) electrons. The summed E-state index contributed by atoms with van der Waals surface area (Å²) < 4.78 is 2.71. The third-order valence-corrected chi connectivity index (χ3v) is 3.46. The Morgan fingerprint density at radius 3 is 3.00 bits per heavy atom. The molecule has 1 unspecified atom stereocenters. The van der Waals surface area contributed by atoms with Gasteiger partial charge < -0.3 is 14.6 Å². The molecule has 1 saturated heterocycles. The lowest BCUT2D eigenvalue weighted by Crippen LogP contribution is -2.34. The van der Waals surface area contributed by atoms with Gasteiger partial charge in [0.1, 0.15) is 5.69 Å². The van der Waals surface area contributed by atoms with Gasteiger partial charge in [0.05, 0.1) is 0 Å². The molecular formula is C11H15BrN2O2. The van der Waals surface area contributed by atoms with Crippen molar-refractivity contribution in [3.05, 3.63) is 22.4 Å². The molecule has 88 valence electrons. The van der Waals surface area contributed by atoms with Crippen molar-refractivity contribution in [3.63, 3.8) is 0 Å². The van der Waals surface area contributed by atoms with Gasteiger partial charge in [0.2, 0.25) is 0 Å². The highest BCUT2D eigenvalue weighted by atomic mass is 79.9. The zero-order chi connectivity index (χ0) is 11.7. The van der Waals surface area contributed by atoms with Gasteiger partial charge in [0, 0.05) is 23.3 Å². The number of aromatic nitrogens is 1. The van der Waals surface area contributed by atoms with E-state index in [2.05, 4.69) is 27.9 Å². The van der Waals surface area contributed by atoms with E-state index in [4.69, 9.17) is 5.11 Å². The molecule has 1 aliphatic rings. The lowest BCUT2D eigenvalue weighted by Gasteiger charge is -2.31. The Bertz CT molecular complexity index is 403. The average Bonchev–Trinajstić information content (AvgIpc) is 2.60. The topological polar surface area (TPSA) is 45.5 Å². The van der Waals surface area contributed by atoms with Crippen molar-refractivity contribution in [2.75, 3.05) is 20.1 Å². The molecule has 1 fully saturated rings. The molecule has 0 bridgehead atoms. The van der Waals surface area contributed by atoms with E-state index in [0.29, 0.717) is 5.69 Å². The van der Waals surface area contributed by atoms with E-state index < -0.39 is 5.97 Å². The number of rotatable bonds is 2. The molecule has 0 amide bonds. The molecule has 4 nitrogen and oxygen atoms in total. The van der Waals surface area contributed by atoms with Crippen LogP contribution in [-0.4, -0.2) is 40.7 Å². The average molecular weight is 287 g/mol. The minimum absolute atomic E-state index is 0.274. The van der Waals surface area contributed by atoms with E-state index in [1.807, 2.05) is 10.8 Å². The summed E-state index contributed by atoms with van der Waals surface area (Å²) in [5.41, 5.74) is 0.368. The fourth-order valence-corrected chi connectivity index (χ4v) is 2.72. The summed E-state index contributed by atoms with van der Waals surface area (Å²) in [7, 11) is 2.07. The Morgan fingerprint density at radius 2 is 2.38 bits per heavy atom. The van der Waals surface area contributed by atoms with Crippen molar-refractivity contribution < 1.29 is 9.90 Å². The molecule has 16 heavy (non-hydrogen) atoms. The summed E-state index contributed by atoms with van der Waals surface area (Å²) in [6.07, 6.45) is 4.04. The van der Waals surface area contributed by atoms with Crippen LogP contribution in [-0.2, 0) is 0 Å². The standard InChI is InChI=1S/C11H15BrN2O2/c1-13-4-2-3-9(7-13)14-6-8(12)5-10(14)11(15)16/h5-6,9H,2-4,7H2,1H3,(H,15,16). The molecule has 2 rings (SSSR count). The molecule has 0 aromatic carbocycles. The summed E-state index contributed by atoms with van der Waals surface area (Å²) in [5, 5.41) is 9.12. The van der Waals surface area contributed by atoms with E-state index in [1.165, 1.54) is 0 Å². The maximum absolute atomic E-state index is 11.1. The van der Waals surface area contributed by atoms with Gasteiger partial charge in [0.25, 0.3) is 0 Å². The predicted molar refractivity (Wildman–Crippen MR) is 64.9 cm³/mol. The predicted octanol–water partition coefficient (Wildman–Crippen LogP) is 2.22. The normalized spacial score (nSPS) is 22.2. The highest BCUT2D eigenvalue weighted by Crippen LogP contribution is 2.26. The van der Waals surface area contributed by atoms with Gasteiger partial charge in [0.15, 0.2) is 0 Å². The smallest absolute Gasteiger partial charge is 0.352 e. The molecule has 1 atom stereocenters. The van der Waals surface area contributed by atoms with E-state index in [9.17, 15) is 4.79 Å². The number of carboxylic acids is 1. The van der Waals surface area contributed by atoms with E-state index in [0.717, 1.165) is 30.4 Å². The SMILES string of the molecule is CN1CCCC(n2cc(Br)cc2C(=O)O)C1. The van der Waals surface area contributed by atoms with Gasteiger partial charge in [-0.15, -0.1) is 0 Å². The molecule has 2 heterocycles. The highest BCUT2D eigenvalue weighted by molar-refractivity contribution is 9.10. The van der Waals surface area contributed by atoms with Crippen molar-refractivity contribution in [1.82, 2.24) is 9.47 Å². The minimum Gasteiger partial charge on any atom is -0.477 e. The number of likely N-dealkylation sites (N-methyl/N-ethyl adjacent to an activating group) is 1. The van der Waals surface area contributed by atoms with Gasteiger partial charge in [-0.05, 0) is 48.4 Å². The number of piperidine rings is 1. The molecule has 1 N–H and O–H groups in total. The molecule has 1 aromatic rings. The number of halogens is 1. The molecule has 1 aliphatic heterocycles. The van der Waals surface area contributed by atoms with Crippen molar-refractivity contribution >= 4 is 21.9 Å². The van der Waals surface area contributed by atoms with Crippen LogP contribution in [0.2, 0.25) is 0 Å². The maximum atomic E-state index is 11.1. The summed E-state index contributed by atoms with van der Waals surface area (Å²) in [6, 6.07) is 1.94. The van der Waals surface area contributed by atoms with E-state index >= 15 is 0 Å². The lowest BCUT2D eigenvalue weighted by molar-refractivity contribution is 0.0678. The van der Waals surface area contributed by atoms with Crippen LogP contribution in [0, 0.1) is 0 Å². The van der Waals surface area contributed by atoms with Crippen molar-refractivity contribution in [1.29, 1.82) is 0 Å². The monoisotopic (exact) mass is 286 g/mol. The Balaban J connectivity index is 2.28. The van der Waals surface area contributed by atoms with Gasteiger partial charge in [-0.2, -0.15) is 0 Å². The van der Waals surface area contributed by atoms with Crippen molar-refractivity contribution in [3.8, 4) is 0 Å². The number of likely N-dealkylation sites (tertiary alicyclic amines) is 1. The molecule has 5 heteroatoms. The van der Waals surface area contributed by atoms with Gasteiger partial charge in [-0.1, -0.05) is 0 Å². The quantitative estimate of drug-likeness (QED) is 0.907. The highest BCUT2D eigenvalue weighted by Gasteiger charge is 2.23. The fourth-order valence-electron chi connectivity index (χ4n) is 2.29. The van der Waals surface area contributed by atoms with Crippen LogP contribution in [0.15, 0.2) is 16.7 Å². The van der Waals surface area contributed by atoms with Crippen LogP contribution in [0.25, 0.3) is 0 Å². The second-order valence-corrected chi connectivity index (χ2v) is 5.23. The Labute approximate surface area is 103 Å². The first-order valence-corrected chi connectivity index (χ1v) is 6.16. The third-order valence-electron chi connectivity index (χ3n) is 3.03. The first-order valence-electron chi connectivity index (χ1n) is 5.37. The first-order chi connectivity index (χ1) is 7.58. The molecule has 0 spiro atoms. The minimum atomic E-state index is -0.862. The molecular weight excluding hydrogens is 272 g/mol. The Kier molecular flexibility index (Phi) is 3.35. The number of hydrogen-bond donors (Lipinski definition) is 1. The summed E-state index contributed by atoms with van der Waals surface area (Å²) in [4.78, 5) is 13.3. The number of carbonyl (C=O) groups is 1. The second kappa shape index (κ2) is 4.59. The van der Waals surface area contributed by atoms with Crippen LogP contribution >= 0.6 is 15.9 Å². The van der Waals surface area contributed by atoms with Gasteiger partial charge >= 0.3 is 5.97 Å². The molecule has 0 saturated carbocycles. The van der Waals surface area contributed by atoms with Crippen LogP contribution in [0.4, 0.5) is 0 Å². The second-order valence-electron chi connectivity index (χ2n) is 4.31. The number of nitrogens with zero attached hydrogens (tertiary/aromatic N) is 2. The largest absolute Gasteiger partial charge is 0.477 e. The van der Waals surface area contributed by atoms with E-state index in [1.54, 1.807) is 6.07 Å². The van der Waals surface area contributed by atoms with Crippen LogP contribution < -0.4 is 0 Å². The van der Waals surface area contributed by atoms with Gasteiger partial charge in [-0.3, -0.25) is 0 Å². The lowest BCUT2D eigenvalue weighted by atomic mass is 10.1. The summed E-state index contributed by atoms with van der Waals surface area (Å²) >= 11 is 3.34. The van der Waals surface area contributed by atoms with Crippen LogP contribution in [0.1, 0.15) is 29.4 Å². The zero-order valence-corrected chi connectivity index (χ0v) is 10.8. The third kappa shape index (κ3) is 2.30. The first kappa shape index (κ1) is 11.7. The van der Waals surface area contributed by atoms with E-state index in [-0.39, 0.29) is 6.04 Å². The molecule has 1 aromatic heterocycles. The maximum Gasteiger partial charge on any atom is 0.352 e. The zero-order valence-electron chi connectivity index (χ0n) is 9.19. The number of carboxylic acid groups (broad SMARTS) is 1. The van der Waals surface area contributed by atoms with Gasteiger partial charge in [-0.25, -0.2) is 4.79 Å². The van der Waals surface area contributed by atoms with Crippen molar-refractivity contribution in [2.24, 2.45) is 0 Å². The number of hydrogen-bond acceptors (Lipinski definition) is 2. The summed E-state index contributed by atoms with van der Waals surface area (Å²) in [5.74, 6) is -0.862. The fraction of sp³-hybridized carbons (Fsp3) is 0.545. The Morgan fingerprint density at radius 1 is 1.62 bits per heavy atom. The Hall–Kier alpha value is -0.810.